The summed E-state index contributed by atoms with van der Waals surface area (Å²) >= 11 is 0. The highest BCUT2D eigenvalue weighted by Crippen LogP contribution is 2.57. The number of aliphatic hydroxyl groups excluding tert-OH is 2. The van der Waals surface area contributed by atoms with Crippen molar-refractivity contribution in [1.82, 2.24) is 15.1 Å². The number of nitrogens with zero attached hydrogens (tertiary/aromatic N) is 2. The van der Waals surface area contributed by atoms with E-state index in [4.69, 9.17) is 0 Å². The van der Waals surface area contributed by atoms with Crippen molar-refractivity contribution in [3.63, 3.8) is 0 Å². The van der Waals surface area contributed by atoms with Crippen molar-refractivity contribution in [1.29, 1.82) is 0 Å². The molecule has 0 aromatic heterocycles. The van der Waals surface area contributed by atoms with Gasteiger partial charge in [-0.1, -0.05) is 31.2 Å². The zero-order valence-corrected chi connectivity index (χ0v) is 24.0. The first-order valence-electron chi connectivity index (χ1n) is 14.0. The second-order valence-electron chi connectivity index (χ2n) is 11.4. The van der Waals surface area contributed by atoms with E-state index in [9.17, 15) is 46.1 Å². The molecule has 2 aliphatic rings. The number of nitrogens with one attached hydrogen (secondary N) is 1. The lowest BCUT2D eigenvalue weighted by Crippen LogP contribution is -2.69. The lowest BCUT2D eigenvalue weighted by atomic mass is 9.64. The Hall–Kier alpha value is -3.32. The van der Waals surface area contributed by atoms with Gasteiger partial charge in [-0.25, -0.2) is 4.79 Å². The minimum absolute atomic E-state index is 0.00418. The van der Waals surface area contributed by atoms with E-state index in [0.29, 0.717) is 23.3 Å². The van der Waals surface area contributed by atoms with Gasteiger partial charge in [0.05, 0.1) is 28.1 Å². The maximum Gasteiger partial charge on any atom is 0.416 e. The Kier molecular flexibility index (Phi) is 8.82. The van der Waals surface area contributed by atoms with E-state index in [2.05, 4.69) is 5.32 Å². The Morgan fingerprint density at radius 3 is 2.05 bits per heavy atom. The molecule has 3 N–H and O–H groups in total. The van der Waals surface area contributed by atoms with Gasteiger partial charge in [0.1, 0.15) is 0 Å². The number of amides is 3. The number of aliphatic hydroxyl groups is 2. The third-order valence-electron chi connectivity index (χ3n) is 9.18. The summed E-state index contributed by atoms with van der Waals surface area (Å²) in [5, 5.41) is 22.4. The molecular weight excluding hydrogens is 580 g/mol. The van der Waals surface area contributed by atoms with Gasteiger partial charge in [0.2, 0.25) is 5.91 Å². The molecule has 3 amide bonds. The third-order valence-corrected chi connectivity index (χ3v) is 9.18. The molecule has 0 aliphatic carbocycles. The molecule has 2 aliphatic heterocycles. The Labute approximate surface area is 245 Å². The average Bonchev–Trinajstić information content (AvgIpc) is 3.22. The lowest BCUT2D eigenvalue weighted by molar-refractivity contribution is -0.143. The van der Waals surface area contributed by atoms with E-state index in [1.54, 1.807) is 31.2 Å². The van der Waals surface area contributed by atoms with Crippen LogP contribution < -0.4 is 5.32 Å². The van der Waals surface area contributed by atoms with Crippen LogP contribution in [0.2, 0.25) is 0 Å². The number of carbonyl (C=O) groups is 2. The summed E-state index contributed by atoms with van der Waals surface area (Å²) in [4.78, 5) is 30.6. The van der Waals surface area contributed by atoms with Gasteiger partial charge >= 0.3 is 18.4 Å². The van der Waals surface area contributed by atoms with Crippen LogP contribution in [0.15, 0.2) is 42.5 Å². The number of alkyl halides is 6. The van der Waals surface area contributed by atoms with Crippen LogP contribution in [0.1, 0.15) is 59.9 Å². The van der Waals surface area contributed by atoms with Crippen molar-refractivity contribution in [2.45, 2.75) is 63.0 Å². The fraction of sp³-hybridized carbons (Fsp3) is 0.533. The summed E-state index contributed by atoms with van der Waals surface area (Å²) in [5.74, 6) is -1.59. The SMILES string of the molecule is CNC(=O)N1CCN2C(=O)C(CCO)(CCO)CC2C1(c1ccccc1C)[C@@H](C)c1cc(C(F)(F)F)cc(C(F)(F)F)c1. The van der Waals surface area contributed by atoms with Gasteiger partial charge in [0, 0.05) is 39.3 Å². The number of aryl methyl sites for hydroxylation is 1. The molecule has 0 saturated carbocycles. The highest BCUT2D eigenvalue weighted by Gasteiger charge is 2.64. The molecule has 0 bridgehead atoms. The number of hydrogen-bond acceptors (Lipinski definition) is 4. The van der Waals surface area contributed by atoms with E-state index in [1.165, 1.54) is 23.8 Å². The Bertz CT molecular complexity index is 1330. The molecule has 43 heavy (non-hydrogen) atoms. The molecule has 2 fully saturated rings. The second-order valence-corrected chi connectivity index (χ2v) is 11.4. The zero-order chi connectivity index (χ0) is 32.0. The lowest BCUT2D eigenvalue weighted by Gasteiger charge is -2.57. The topological polar surface area (TPSA) is 93.1 Å². The normalized spacial score (nSPS) is 22.9. The summed E-state index contributed by atoms with van der Waals surface area (Å²) in [6.07, 6.45) is -10.2. The maximum atomic E-state index is 14.0. The molecule has 7 nitrogen and oxygen atoms in total. The van der Waals surface area contributed by atoms with Crippen molar-refractivity contribution in [2.75, 3.05) is 33.4 Å². The van der Waals surface area contributed by atoms with Gasteiger partial charge in [0.25, 0.3) is 0 Å². The minimum atomic E-state index is -5.09. The molecule has 2 aromatic carbocycles. The summed E-state index contributed by atoms with van der Waals surface area (Å²) in [7, 11) is 1.37. The standard InChI is InChI=1S/C30H35F6N3O4/c1-18-6-4-5-7-23(18)28(19(2)20-14-21(29(31,32)33)16-22(15-20)30(34,35)36)24-17-27(8-12-40,9-13-41)25(42)38(24)10-11-39(28)26(43)37-3/h4-7,14-16,19,24,40-41H,8-13,17H2,1-3H3,(H,37,43)/t19-,24?,28?/m0/s1. The zero-order valence-electron chi connectivity index (χ0n) is 24.0. The molecule has 2 aromatic rings. The first kappa shape index (κ1) is 32.6. The molecular formula is C30H35F6N3O4. The largest absolute Gasteiger partial charge is 0.416 e. The quantitative estimate of drug-likeness (QED) is 0.381. The number of piperazine rings is 1. The van der Waals surface area contributed by atoms with Crippen LogP contribution in [0.5, 0.6) is 0 Å². The summed E-state index contributed by atoms with van der Waals surface area (Å²) in [5.41, 5.74) is -5.09. The number of carbonyl (C=O) groups excluding carboxylic acids is 2. The van der Waals surface area contributed by atoms with Crippen molar-refractivity contribution in [3.8, 4) is 0 Å². The molecule has 2 saturated heterocycles. The van der Waals surface area contributed by atoms with Crippen LogP contribution in [0, 0.1) is 12.3 Å². The Morgan fingerprint density at radius 2 is 1.56 bits per heavy atom. The Balaban J connectivity index is 2.10. The fourth-order valence-electron chi connectivity index (χ4n) is 7.20. The van der Waals surface area contributed by atoms with E-state index in [1.807, 2.05) is 0 Å². The van der Waals surface area contributed by atoms with Gasteiger partial charge in [-0.15, -0.1) is 0 Å². The molecule has 0 spiro atoms. The first-order chi connectivity index (χ1) is 20.1. The van der Waals surface area contributed by atoms with Crippen LogP contribution in [0.25, 0.3) is 0 Å². The summed E-state index contributed by atoms with van der Waals surface area (Å²) in [6.45, 7) is 2.40. The molecule has 4 rings (SSSR count). The van der Waals surface area contributed by atoms with Gasteiger partial charge in [-0.3, -0.25) is 4.79 Å². The number of halogens is 6. The number of rotatable bonds is 7. The predicted molar refractivity (Wildman–Crippen MR) is 145 cm³/mol. The minimum Gasteiger partial charge on any atom is -0.396 e. The molecule has 3 atom stereocenters. The first-order valence-corrected chi connectivity index (χ1v) is 14.0. The van der Waals surface area contributed by atoms with Crippen molar-refractivity contribution < 1.29 is 46.1 Å². The van der Waals surface area contributed by atoms with E-state index < -0.39 is 52.4 Å². The molecule has 2 unspecified atom stereocenters. The van der Waals surface area contributed by atoms with E-state index in [-0.39, 0.29) is 63.1 Å². The average molecular weight is 616 g/mol. The highest BCUT2D eigenvalue weighted by atomic mass is 19.4. The highest BCUT2D eigenvalue weighted by molar-refractivity contribution is 5.87. The van der Waals surface area contributed by atoms with Gasteiger partial charge in [0.15, 0.2) is 0 Å². The van der Waals surface area contributed by atoms with E-state index in [0.717, 1.165) is 0 Å². The number of urea groups is 1. The number of fused-ring (bicyclic) bond motifs is 1. The van der Waals surface area contributed by atoms with Crippen LogP contribution >= 0.6 is 0 Å². The molecule has 2 heterocycles. The van der Waals surface area contributed by atoms with E-state index >= 15 is 0 Å². The van der Waals surface area contributed by atoms with Crippen molar-refractivity contribution in [2.24, 2.45) is 5.41 Å². The maximum absolute atomic E-state index is 14.0. The predicted octanol–water partition coefficient (Wildman–Crippen LogP) is 5.04. The van der Waals surface area contributed by atoms with Gasteiger partial charge in [-0.05, 0) is 61.1 Å². The Morgan fingerprint density at radius 1 is 1.00 bits per heavy atom. The summed E-state index contributed by atoms with van der Waals surface area (Å²) in [6, 6.07) is 6.66. The van der Waals surface area contributed by atoms with Crippen molar-refractivity contribution in [3.05, 3.63) is 70.3 Å². The second kappa shape index (κ2) is 11.6. The van der Waals surface area contributed by atoms with Crippen LogP contribution in [-0.4, -0.2) is 71.3 Å². The van der Waals surface area contributed by atoms with Crippen LogP contribution in [-0.2, 0) is 22.7 Å². The monoisotopic (exact) mass is 615 g/mol. The summed E-state index contributed by atoms with van der Waals surface area (Å²) < 4.78 is 83.9. The third kappa shape index (κ3) is 5.45. The molecule has 236 valence electrons. The fourth-order valence-corrected chi connectivity index (χ4v) is 7.20. The molecule has 0 radical (unpaired) electrons. The number of benzene rings is 2. The van der Waals surface area contributed by atoms with Crippen molar-refractivity contribution >= 4 is 11.9 Å². The van der Waals surface area contributed by atoms with Crippen LogP contribution in [0.3, 0.4) is 0 Å². The van der Waals surface area contributed by atoms with Gasteiger partial charge in [-0.2, -0.15) is 26.3 Å². The van der Waals surface area contributed by atoms with Crippen LogP contribution in [0.4, 0.5) is 31.1 Å². The van der Waals surface area contributed by atoms with Gasteiger partial charge < -0.3 is 25.3 Å². The molecule has 13 heteroatoms. The smallest absolute Gasteiger partial charge is 0.396 e. The number of hydrogen-bond donors (Lipinski definition) is 3.